The molecule has 5 rings (SSSR count). The Bertz CT molecular complexity index is 1120. The van der Waals surface area contributed by atoms with Crippen LogP contribution in [-0.2, 0) is 9.59 Å². The molecule has 0 bridgehead atoms. The summed E-state index contributed by atoms with van der Waals surface area (Å²) in [4.78, 5) is 28.2. The van der Waals surface area contributed by atoms with Gasteiger partial charge in [0.2, 0.25) is 11.8 Å². The lowest BCUT2D eigenvalue weighted by atomic mass is 9.94. The number of piperidine rings is 1. The van der Waals surface area contributed by atoms with Crippen molar-refractivity contribution >= 4 is 29.1 Å². The van der Waals surface area contributed by atoms with Crippen LogP contribution in [0, 0.1) is 18.7 Å². The second kappa shape index (κ2) is 10.1. The first-order valence-corrected chi connectivity index (χ1v) is 13.1. The van der Waals surface area contributed by atoms with Crippen molar-refractivity contribution in [2.45, 2.75) is 50.3 Å². The number of thioether (sulfide) groups is 1. The number of nitrogens with zero attached hydrogens (tertiary/aromatic N) is 1. The van der Waals surface area contributed by atoms with Gasteiger partial charge < -0.3 is 10.6 Å². The maximum absolute atomic E-state index is 13.2. The summed E-state index contributed by atoms with van der Waals surface area (Å²) < 4.78 is 13.2. The number of hydrogen-bond donors (Lipinski definition) is 3. The van der Waals surface area contributed by atoms with Crippen LogP contribution in [0.4, 0.5) is 4.39 Å². The zero-order valence-corrected chi connectivity index (χ0v) is 20.8. The third-order valence-corrected chi connectivity index (χ3v) is 8.33. The van der Waals surface area contributed by atoms with Crippen molar-refractivity contribution in [3.8, 4) is 0 Å². The van der Waals surface area contributed by atoms with Gasteiger partial charge in [-0.1, -0.05) is 42.0 Å². The van der Waals surface area contributed by atoms with Crippen LogP contribution < -0.4 is 16.0 Å². The highest BCUT2D eigenvalue weighted by atomic mass is 32.2. The molecule has 5 atom stereocenters. The van der Waals surface area contributed by atoms with Crippen molar-refractivity contribution in [3.05, 3.63) is 76.4 Å². The van der Waals surface area contributed by atoms with Gasteiger partial charge in [-0.15, -0.1) is 11.8 Å². The number of nitrogens with one attached hydrogen (secondary N) is 3. The highest BCUT2D eigenvalue weighted by Crippen LogP contribution is 2.38. The SMILES string of the molecule is Cc1ccc(C2=CSC3C(=O)NC(N4CCCC(C(=O)NC(C)c5ccc(F)cc5)C4)NC23)cc1. The molecule has 0 aromatic heterocycles. The van der Waals surface area contributed by atoms with Gasteiger partial charge in [0.15, 0.2) is 0 Å². The lowest BCUT2D eigenvalue weighted by Crippen LogP contribution is -2.69. The summed E-state index contributed by atoms with van der Waals surface area (Å²) in [6.45, 7) is 5.35. The van der Waals surface area contributed by atoms with Gasteiger partial charge in [-0.05, 0) is 60.9 Å². The Kier molecular flexibility index (Phi) is 6.95. The molecule has 2 amide bonds. The Hall–Kier alpha value is -2.68. The lowest BCUT2D eigenvalue weighted by Gasteiger charge is -2.43. The van der Waals surface area contributed by atoms with Gasteiger partial charge in [0, 0.05) is 13.1 Å². The van der Waals surface area contributed by atoms with Crippen LogP contribution in [-0.4, -0.2) is 47.4 Å². The van der Waals surface area contributed by atoms with Crippen molar-refractivity contribution in [1.29, 1.82) is 0 Å². The van der Waals surface area contributed by atoms with E-state index in [4.69, 9.17) is 0 Å². The smallest absolute Gasteiger partial charge is 0.237 e. The fraction of sp³-hybridized carbons (Fsp3) is 0.407. The quantitative estimate of drug-likeness (QED) is 0.593. The second-order valence-corrected chi connectivity index (χ2v) is 10.7. The molecule has 3 N–H and O–H groups in total. The number of benzene rings is 2. The molecule has 2 aromatic rings. The fourth-order valence-electron chi connectivity index (χ4n) is 5.09. The van der Waals surface area contributed by atoms with E-state index in [1.807, 2.05) is 6.92 Å². The van der Waals surface area contributed by atoms with Gasteiger partial charge in [-0.2, -0.15) is 0 Å². The van der Waals surface area contributed by atoms with Crippen LogP contribution in [0.1, 0.15) is 42.5 Å². The Balaban J connectivity index is 1.24. The highest BCUT2D eigenvalue weighted by Gasteiger charge is 2.44. The molecule has 0 aliphatic carbocycles. The summed E-state index contributed by atoms with van der Waals surface area (Å²) in [5, 5.41) is 11.8. The molecule has 3 aliphatic rings. The van der Waals surface area contributed by atoms with E-state index >= 15 is 0 Å². The number of carbonyl (C=O) groups is 2. The predicted molar refractivity (Wildman–Crippen MR) is 137 cm³/mol. The molecule has 2 saturated heterocycles. The first-order valence-electron chi connectivity index (χ1n) is 12.2. The number of rotatable bonds is 5. The van der Waals surface area contributed by atoms with Crippen molar-refractivity contribution in [2.75, 3.05) is 13.1 Å². The minimum Gasteiger partial charge on any atom is -0.349 e. The van der Waals surface area contributed by atoms with Gasteiger partial charge in [0.05, 0.1) is 18.0 Å². The van der Waals surface area contributed by atoms with Crippen LogP contribution >= 0.6 is 11.8 Å². The zero-order valence-electron chi connectivity index (χ0n) is 20.0. The van der Waals surface area contributed by atoms with E-state index in [2.05, 4.69) is 57.4 Å². The molecule has 3 aliphatic heterocycles. The summed E-state index contributed by atoms with van der Waals surface area (Å²) in [6.07, 6.45) is 1.36. The number of hydrogen-bond acceptors (Lipinski definition) is 5. The molecular weight excluding hydrogens is 463 g/mol. The minimum atomic E-state index is -0.318. The molecule has 8 heteroatoms. The van der Waals surface area contributed by atoms with Gasteiger partial charge >= 0.3 is 0 Å². The number of fused-ring (bicyclic) bond motifs is 1. The number of aryl methyl sites for hydroxylation is 1. The monoisotopic (exact) mass is 494 g/mol. The fourth-order valence-corrected chi connectivity index (χ4v) is 6.24. The Morgan fingerprint density at radius 2 is 1.91 bits per heavy atom. The molecular formula is C27H31FN4O2S. The summed E-state index contributed by atoms with van der Waals surface area (Å²) in [6, 6.07) is 14.3. The number of amides is 2. The van der Waals surface area contributed by atoms with E-state index in [1.54, 1.807) is 23.9 Å². The van der Waals surface area contributed by atoms with Crippen molar-refractivity contribution in [3.63, 3.8) is 0 Å². The predicted octanol–water partition coefficient (Wildman–Crippen LogP) is 3.55. The molecule has 184 valence electrons. The average molecular weight is 495 g/mol. The number of likely N-dealkylation sites (tertiary alicyclic amines) is 1. The van der Waals surface area contributed by atoms with Gasteiger partial charge in [-0.25, -0.2) is 4.39 Å². The third-order valence-electron chi connectivity index (χ3n) is 7.16. The van der Waals surface area contributed by atoms with E-state index in [0.717, 1.165) is 36.1 Å². The van der Waals surface area contributed by atoms with Crippen molar-refractivity contribution in [2.24, 2.45) is 5.92 Å². The van der Waals surface area contributed by atoms with Crippen LogP contribution in [0.15, 0.2) is 53.9 Å². The van der Waals surface area contributed by atoms with Gasteiger partial charge in [0.1, 0.15) is 17.4 Å². The number of halogens is 1. The minimum absolute atomic E-state index is 0.0109. The van der Waals surface area contributed by atoms with E-state index in [-0.39, 0.29) is 47.2 Å². The zero-order chi connectivity index (χ0) is 24.5. The molecule has 5 unspecified atom stereocenters. The molecule has 0 radical (unpaired) electrons. The van der Waals surface area contributed by atoms with Crippen LogP contribution in [0.2, 0.25) is 0 Å². The topological polar surface area (TPSA) is 73.5 Å². The highest BCUT2D eigenvalue weighted by molar-refractivity contribution is 8.04. The Labute approximate surface area is 209 Å². The van der Waals surface area contributed by atoms with Gasteiger partial charge in [0.25, 0.3) is 0 Å². The average Bonchev–Trinajstić information content (AvgIpc) is 3.29. The Morgan fingerprint density at radius 3 is 2.66 bits per heavy atom. The summed E-state index contributed by atoms with van der Waals surface area (Å²) >= 11 is 1.56. The van der Waals surface area contributed by atoms with Gasteiger partial charge in [-0.3, -0.25) is 19.8 Å². The van der Waals surface area contributed by atoms with E-state index in [9.17, 15) is 14.0 Å². The van der Waals surface area contributed by atoms with Crippen LogP contribution in [0.3, 0.4) is 0 Å². The van der Waals surface area contributed by atoms with Crippen molar-refractivity contribution in [1.82, 2.24) is 20.9 Å². The molecule has 3 heterocycles. The summed E-state index contributed by atoms with van der Waals surface area (Å²) in [5.74, 6) is -0.449. The van der Waals surface area contributed by atoms with E-state index < -0.39 is 0 Å². The molecule has 2 fully saturated rings. The maximum atomic E-state index is 13.2. The van der Waals surface area contributed by atoms with Crippen molar-refractivity contribution < 1.29 is 14.0 Å². The maximum Gasteiger partial charge on any atom is 0.237 e. The first kappa shape index (κ1) is 24.0. The normalized spacial score (nSPS) is 27.5. The molecule has 0 spiro atoms. The largest absolute Gasteiger partial charge is 0.349 e. The Morgan fingerprint density at radius 1 is 1.17 bits per heavy atom. The lowest BCUT2D eigenvalue weighted by molar-refractivity contribution is -0.129. The van der Waals surface area contributed by atoms with Crippen LogP contribution in [0.25, 0.3) is 5.57 Å². The standard InChI is InChI=1S/C27H31FN4O2S/c1-16-5-7-19(8-6-16)22-15-35-24-23(22)30-27(31-26(24)34)32-13-3-4-20(14-32)25(33)29-17(2)18-9-11-21(28)12-10-18/h5-12,15,17,20,23-24,27,30H,3-4,13-14H2,1-2H3,(H,29,33)(H,31,34). The third kappa shape index (κ3) is 5.15. The second-order valence-electron chi connectivity index (χ2n) is 9.67. The molecule has 2 aromatic carbocycles. The summed E-state index contributed by atoms with van der Waals surface area (Å²) in [5.41, 5.74) is 4.34. The molecule has 35 heavy (non-hydrogen) atoms. The molecule has 0 saturated carbocycles. The summed E-state index contributed by atoms with van der Waals surface area (Å²) in [7, 11) is 0. The van der Waals surface area contributed by atoms with E-state index in [0.29, 0.717) is 6.54 Å². The number of carbonyl (C=O) groups excluding carboxylic acids is 2. The van der Waals surface area contributed by atoms with E-state index in [1.165, 1.54) is 17.7 Å². The van der Waals surface area contributed by atoms with Crippen LogP contribution in [0.5, 0.6) is 0 Å². The molecule has 6 nitrogen and oxygen atoms in total. The first-order chi connectivity index (χ1) is 16.9.